The minimum absolute atomic E-state index is 0.0329. The van der Waals surface area contributed by atoms with Gasteiger partial charge in [0.2, 0.25) is 12.7 Å². The van der Waals surface area contributed by atoms with Crippen molar-refractivity contribution >= 4 is 11.6 Å². The summed E-state index contributed by atoms with van der Waals surface area (Å²) in [5.41, 5.74) is 6.01. The van der Waals surface area contributed by atoms with Crippen LogP contribution in [0.3, 0.4) is 0 Å². The average Bonchev–Trinajstić information content (AvgIpc) is 3.47. The zero-order chi connectivity index (χ0) is 21.4. The molecular weight excluding hydrogens is 388 g/mol. The molecule has 3 aromatic rings. The number of amides is 1. The van der Waals surface area contributed by atoms with Gasteiger partial charge in [-0.1, -0.05) is 36.4 Å². The molecule has 1 aliphatic carbocycles. The SMILES string of the molecule is CNCc1ccc(-c2cc(NC(=O)C3(c4ccc5c(c4)OCO5)CC3)ccc2C)cc1. The number of nitrogens with one attached hydrogen (secondary N) is 2. The molecule has 5 rings (SSSR count). The third-order valence-electron chi connectivity index (χ3n) is 6.25. The molecule has 2 aliphatic rings. The van der Waals surface area contributed by atoms with Crippen LogP contribution in [0.5, 0.6) is 11.5 Å². The molecule has 0 bridgehead atoms. The maximum absolute atomic E-state index is 13.3. The van der Waals surface area contributed by atoms with Gasteiger partial charge in [0.05, 0.1) is 5.41 Å². The Morgan fingerprint density at radius 2 is 1.74 bits per heavy atom. The van der Waals surface area contributed by atoms with Gasteiger partial charge in [-0.2, -0.15) is 0 Å². The average molecular weight is 415 g/mol. The van der Waals surface area contributed by atoms with Crippen molar-refractivity contribution in [2.24, 2.45) is 0 Å². The van der Waals surface area contributed by atoms with E-state index < -0.39 is 5.41 Å². The van der Waals surface area contributed by atoms with Crippen LogP contribution in [-0.2, 0) is 16.8 Å². The van der Waals surface area contributed by atoms with Crippen LogP contribution in [0.25, 0.3) is 11.1 Å². The largest absolute Gasteiger partial charge is 0.454 e. The molecule has 0 atom stereocenters. The summed E-state index contributed by atoms with van der Waals surface area (Å²) in [4.78, 5) is 13.3. The molecule has 0 radical (unpaired) electrons. The number of anilines is 1. The van der Waals surface area contributed by atoms with Crippen molar-refractivity contribution < 1.29 is 14.3 Å². The molecule has 1 amide bonds. The second-order valence-corrected chi connectivity index (χ2v) is 8.36. The van der Waals surface area contributed by atoms with E-state index in [0.29, 0.717) is 0 Å². The van der Waals surface area contributed by atoms with Gasteiger partial charge in [-0.15, -0.1) is 0 Å². The molecule has 0 unspecified atom stereocenters. The first-order valence-electron chi connectivity index (χ1n) is 10.7. The van der Waals surface area contributed by atoms with Gasteiger partial charge in [0.15, 0.2) is 11.5 Å². The number of carbonyl (C=O) groups excluding carboxylic acids is 1. The summed E-state index contributed by atoms with van der Waals surface area (Å²) in [5.74, 6) is 1.49. The third-order valence-corrected chi connectivity index (χ3v) is 6.25. The number of aryl methyl sites for hydroxylation is 1. The number of hydrogen-bond donors (Lipinski definition) is 2. The van der Waals surface area contributed by atoms with E-state index in [0.717, 1.165) is 53.3 Å². The molecule has 1 saturated carbocycles. The summed E-state index contributed by atoms with van der Waals surface area (Å²) in [7, 11) is 1.94. The Hall–Kier alpha value is -3.31. The van der Waals surface area contributed by atoms with E-state index in [1.807, 2.05) is 31.3 Å². The molecule has 5 nitrogen and oxygen atoms in total. The first-order chi connectivity index (χ1) is 15.1. The van der Waals surface area contributed by atoms with Crippen molar-refractivity contribution in [2.45, 2.75) is 31.7 Å². The van der Waals surface area contributed by atoms with Crippen LogP contribution < -0.4 is 20.1 Å². The lowest BCUT2D eigenvalue weighted by Gasteiger charge is -2.17. The summed E-state index contributed by atoms with van der Waals surface area (Å²) in [5, 5.41) is 6.33. The lowest BCUT2D eigenvalue weighted by Crippen LogP contribution is -2.27. The summed E-state index contributed by atoms with van der Waals surface area (Å²) in [6, 6.07) is 20.5. The second kappa shape index (κ2) is 7.75. The fourth-order valence-corrected chi connectivity index (χ4v) is 4.23. The Morgan fingerprint density at radius 1 is 0.968 bits per heavy atom. The van der Waals surface area contributed by atoms with Gasteiger partial charge in [0, 0.05) is 12.2 Å². The van der Waals surface area contributed by atoms with Gasteiger partial charge in [-0.25, -0.2) is 0 Å². The van der Waals surface area contributed by atoms with Crippen molar-refractivity contribution in [1.82, 2.24) is 5.32 Å². The van der Waals surface area contributed by atoms with Crippen LogP contribution in [0.4, 0.5) is 5.69 Å². The van der Waals surface area contributed by atoms with E-state index in [1.165, 1.54) is 11.1 Å². The number of benzene rings is 3. The lowest BCUT2D eigenvalue weighted by atomic mass is 9.94. The molecule has 1 fully saturated rings. The van der Waals surface area contributed by atoms with Gasteiger partial charge in [0.25, 0.3) is 0 Å². The van der Waals surface area contributed by atoms with E-state index >= 15 is 0 Å². The Morgan fingerprint density at radius 3 is 2.48 bits per heavy atom. The smallest absolute Gasteiger partial charge is 0.235 e. The topological polar surface area (TPSA) is 59.6 Å². The van der Waals surface area contributed by atoms with Crippen molar-refractivity contribution in [3.05, 3.63) is 77.4 Å². The summed E-state index contributed by atoms with van der Waals surface area (Å²) < 4.78 is 10.9. The van der Waals surface area contributed by atoms with Crippen molar-refractivity contribution in [2.75, 3.05) is 19.2 Å². The Labute approximate surface area is 182 Å². The highest BCUT2D eigenvalue weighted by Gasteiger charge is 2.51. The maximum atomic E-state index is 13.3. The molecule has 2 N–H and O–H groups in total. The van der Waals surface area contributed by atoms with E-state index in [9.17, 15) is 4.79 Å². The summed E-state index contributed by atoms with van der Waals surface area (Å²) in [6.07, 6.45) is 1.67. The zero-order valence-corrected chi connectivity index (χ0v) is 17.8. The molecular formula is C26H26N2O3. The molecule has 1 aliphatic heterocycles. The minimum Gasteiger partial charge on any atom is -0.454 e. The van der Waals surface area contributed by atoms with Gasteiger partial charge < -0.3 is 20.1 Å². The summed E-state index contributed by atoms with van der Waals surface area (Å²) in [6.45, 7) is 3.18. The number of hydrogen-bond acceptors (Lipinski definition) is 4. The molecule has 1 heterocycles. The lowest BCUT2D eigenvalue weighted by molar-refractivity contribution is -0.118. The first kappa shape index (κ1) is 19.6. The van der Waals surface area contributed by atoms with Crippen molar-refractivity contribution in [3.8, 4) is 22.6 Å². The Kier molecular flexibility index (Phi) is 4.91. The molecule has 0 saturated heterocycles. The van der Waals surface area contributed by atoms with Crippen molar-refractivity contribution in [1.29, 1.82) is 0 Å². The quantitative estimate of drug-likeness (QED) is 0.609. The number of ether oxygens (including phenoxy) is 2. The number of rotatable bonds is 6. The zero-order valence-electron chi connectivity index (χ0n) is 17.8. The predicted molar refractivity (Wildman–Crippen MR) is 121 cm³/mol. The molecule has 0 aromatic heterocycles. The third kappa shape index (κ3) is 3.66. The first-order valence-corrected chi connectivity index (χ1v) is 10.7. The standard InChI is InChI=1S/C26H26N2O3/c1-17-3-9-21(14-22(17)19-6-4-18(5-7-19)15-27-2)28-25(29)26(11-12-26)20-8-10-23-24(13-20)31-16-30-23/h3-10,13-14,27H,11-12,15-16H2,1-2H3,(H,28,29). The predicted octanol–water partition coefficient (Wildman–Crippen LogP) is 4.78. The second-order valence-electron chi connectivity index (χ2n) is 8.36. The van der Waals surface area contributed by atoms with E-state index in [1.54, 1.807) is 0 Å². The van der Waals surface area contributed by atoms with Gasteiger partial charge in [0.1, 0.15) is 0 Å². The van der Waals surface area contributed by atoms with Crippen LogP contribution in [-0.4, -0.2) is 19.7 Å². The van der Waals surface area contributed by atoms with Crippen LogP contribution >= 0.6 is 0 Å². The fourth-order valence-electron chi connectivity index (χ4n) is 4.23. The Bertz CT molecular complexity index is 1130. The van der Waals surface area contributed by atoms with E-state index in [2.05, 4.69) is 54.0 Å². The summed E-state index contributed by atoms with van der Waals surface area (Å²) >= 11 is 0. The fraction of sp³-hybridized carbons (Fsp3) is 0.269. The number of carbonyl (C=O) groups is 1. The van der Waals surface area contributed by atoms with Crippen LogP contribution in [0.2, 0.25) is 0 Å². The highest BCUT2D eigenvalue weighted by Crippen LogP contribution is 2.51. The molecule has 0 spiro atoms. The van der Waals surface area contributed by atoms with Crippen LogP contribution in [0.1, 0.15) is 29.5 Å². The normalized spacial score (nSPS) is 15.5. The molecule has 5 heteroatoms. The van der Waals surface area contributed by atoms with Crippen molar-refractivity contribution in [3.63, 3.8) is 0 Å². The monoisotopic (exact) mass is 414 g/mol. The highest BCUT2D eigenvalue weighted by atomic mass is 16.7. The van der Waals surface area contributed by atoms with Gasteiger partial charge in [-0.3, -0.25) is 4.79 Å². The minimum atomic E-state index is -0.485. The Balaban J connectivity index is 1.38. The highest BCUT2D eigenvalue weighted by molar-refractivity contribution is 6.02. The van der Waals surface area contributed by atoms with E-state index in [4.69, 9.17) is 9.47 Å². The van der Waals surface area contributed by atoms with E-state index in [-0.39, 0.29) is 12.7 Å². The van der Waals surface area contributed by atoms with Gasteiger partial charge >= 0.3 is 0 Å². The van der Waals surface area contributed by atoms with Crippen LogP contribution in [0, 0.1) is 6.92 Å². The molecule has 3 aromatic carbocycles. The number of fused-ring (bicyclic) bond motifs is 1. The molecule has 158 valence electrons. The maximum Gasteiger partial charge on any atom is 0.235 e. The molecule has 31 heavy (non-hydrogen) atoms. The van der Waals surface area contributed by atoms with Gasteiger partial charge in [-0.05, 0) is 78.9 Å². The van der Waals surface area contributed by atoms with Crippen LogP contribution in [0.15, 0.2) is 60.7 Å².